The largest absolute Gasteiger partial charge is 0.418 e. The van der Waals surface area contributed by atoms with Crippen molar-refractivity contribution >= 4 is 34.5 Å². The average Bonchev–Trinajstić information content (AvgIpc) is 3.38. The van der Waals surface area contributed by atoms with E-state index in [0.717, 1.165) is 18.9 Å². The Hall–Kier alpha value is -4.14. The SMILES string of the molecule is CC(=O)c1cccc(N)c1.CC(=O)c1cccc(NC(=O)c2ccc(N3CCCC3)c(C(F)(F)F)c2)c1. The van der Waals surface area contributed by atoms with E-state index in [9.17, 15) is 27.6 Å². The number of carbonyl (C=O) groups excluding carboxylic acids is 3. The molecule has 1 amide bonds. The summed E-state index contributed by atoms with van der Waals surface area (Å²) in [5.74, 6) is -0.776. The lowest BCUT2D eigenvalue weighted by atomic mass is 10.1. The number of nitrogen functional groups attached to an aromatic ring is 1. The summed E-state index contributed by atoms with van der Waals surface area (Å²) < 4.78 is 40.6. The molecule has 3 aromatic rings. The highest BCUT2D eigenvalue weighted by atomic mass is 19.4. The molecule has 1 aliphatic heterocycles. The molecular weight excluding hydrogens is 483 g/mol. The summed E-state index contributed by atoms with van der Waals surface area (Å²) in [6, 6.07) is 16.9. The lowest BCUT2D eigenvalue weighted by molar-refractivity contribution is -0.137. The molecule has 0 atom stereocenters. The van der Waals surface area contributed by atoms with Gasteiger partial charge in [0.2, 0.25) is 0 Å². The van der Waals surface area contributed by atoms with Crippen LogP contribution >= 0.6 is 0 Å². The molecule has 1 aliphatic rings. The third-order valence-corrected chi connectivity index (χ3v) is 5.83. The number of nitrogens with zero attached hydrogens (tertiary/aromatic N) is 1. The maximum absolute atomic E-state index is 13.5. The molecule has 0 aliphatic carbocycles. The number of amides is 1. The van der Waals surface area contributed by atoms with Gasteiger partial charge in [-0.05, 0) is 69.2 Å². The molecule has 0 spiro atoms. The Morgan fingerprint density at radius 1 is 0.811 bits per heavy atom. The van der Waals surface area contributed by atoms with E-state index in [2.05, 4.69) is 5.32 Å². The fraction of sp³-hybridized carbons (Fsp3) is 0.250. The summed E-state index contributed by atoms with van der Waals surface area (Å²) in [6.07, 6.45) is -2.85. The van der Waals surface area contributed by atoms with E-state index in [1.54, 1.807) is 47.4 Å². The minimum Gasteiger partial charge on any atom is -0.399 e. The second kappa shape index (κ2) is 11.7. The molecule has 3 aromatic carbocycles. The van der Waals surface area contributed by atoms with Gasteiger partial charge in [-0.25, -0.2) is 0 Å². The van der Waals surface area contributed by atoms with Crippen LogP contribution in [-0.2, 0) is 6.18 Å². The fourth-order valence-corrected chi connectivity index (χ4v) is 3.91. The second-order valence-corrected chi connectivity index (χ2v) is 8.70. The fourth-order valence-electron chi connectivity index (χ4n) is 3.91. The summed E-state index contributed by atoms with van der Waals surface area (Å²) in [5, 5.41) is 2.55. The molecule has 0 aromatic heterocycles. The number of Topliss-reactive ketones (excluding diaryl/α,β-unsaturated/α-hetero) is 2. The Morgan fingerprint density at radius 2 is 1.41 bits per heavy atom. The van der Waals surface area contributed by atoms with E-state index in [0.29, 0.717) is 35.6 Å². The van der Waals surface area contributed by atoms with Gasteiger partial charge >= 0.3 is 6.18 Å². The van der Waals surface area contributed by atoms with Gasteiger partial charge in [-0.15, -0.1) is 0 Å². The van der Waals surface area contributed by atoms with Crippen LogP contribution in [-0.4, -0.2) is 30.6 Å². The highest BCUT2D eigenvalue weighted by Gasteiger charge is 2.36. The Kier molecular flexibility index (Phi) is 8.70. The van der Waals surface area contributed by atoms with Crippen molar-refractivity contribution in [2.75, 3.05) is 29.0 Å². The number of hydrogen-bond acceptors (Lipinski definition) is 5. The van der Waals surface area contributed by atoms with Crippen molar-refractivity contribution in [3.05, 3.63) is 89.0 Å². The zero-order chi connectivity index (χ0) is 27.2. The van der Waals surface area contributed by atoms with Gasteiger partial charge < -0.3 is 16.0 Å². The number of benzene rings is 3. The van der Waals surface area contributed by atoms with Gasteiger partial charge in [-0.3, -0.25) is 14.4 Å². The first kappa shape index (κ1) is 27.4. The molecule has 0 bridgehead atoms. The van der Waals surface area contributed by atoms with E-state index in [1.165, 1.54) is 32.0 Å². The van der Waals surface area contributed by atoms with E-state index >= 15 is 0 Å². The monoisotopic (exact) mass is 511 g/mol. The van der Waals surface area contributed by atoms with Crippen molar-refractivity contribution in [2.45, 2.75) is 32.9 Å². The Labute approximate surface area is 213 Å². The zero-order valence-electron chi connectivity index (χ0n) is 20.6. The summed E-state index contributed by atoms with van der Waals surface area (Å²) in [4.78, 5) is 36.3. The molecule has 1 heterocycles. The van der Waals surface area contributed by atoms with E-state index in [4.69, 9.17) is 5.73 Å². The first-order valence-corrected chi connectivity index (χ1v) is 11.7. The van der Waals surface area contributed by atoms with Gasteiger partial charge in [0.15, 0.2) is 11.6 Å². The Morgan fingerprint density at radius 3 is 1.95 bits per heavy atom. The third kappa shape index (κ3) is 7.42. The standard InChI is InChI=1S/C20H19F3N2O2.C8H9NO/c1-13(26)14-5-4-6-16(11-14)24-19(27)15-7-8-18(25-9-2-3-10-25)17(12-15)20(21,22)23;1-6(10)7-3-2-4-8(9)5-7/h4-8,11-12H,2-3,9-10H2,1H3,(H,24,27);2-5H,9H2,1H3. The lowest BCUT2D eigenvalue weighted by Gasteiger charge is -2.23. The first-order chi connectivity index (χ1) is 17.5. The zero-order valence-corrected chi connectivity index (χ0v) is 20.6. The molecule has 194 valence electrons. The van der Waals surface area contributed by atoms with Crippen molar-refractivity contribution in [3.63, 3.8) is 0 Å². The van der Waals surface area contributed by atoms with Gasteiger partial charge in [0.1, 0.15) is 0 Å². The van der Waals surface area contributed by atoms with Crippen LogP contribution in [0.1, 0.15) is 63.3 Å². The summed E-state index contributed by atoms with van der Waals surface area (Å²) in [6.45, 7) is 4.07. The van der Waals surface area contributed by atoms with Crippen LogP contribution in [0.4, 0.5) is 30.2 Å². The second-order valence-electron chi connectivity index (χ2n) is 8.70. The number of alkyl halides is 3. The number of rotatable bonds is 5. The first-order valence-electron chi connectivity index (χ1n) is 11.7. The maximum atomic E-state index is 13.5. The quantitative estimate of drug-likeness (QED) is 0.313. The molecule has 1 saturated heterocycles. The van der Waals surface area contributed by atoms with Gasteiger partial charge in [-0.2, -0.15) is 13.2 Å². The van der Waals surface area contributed by atoms with Crippen molar-refractivity contribution in [1.82, 2.24) is 0 Å². The summed E-state index contributed by atoms with van der Waals surface area (Å²) in [7, 11) is 0. The molecule has 0 radical (unpaired) electrons. The van der Waals surface area contributed by atoms with E-state index < -0.39 is 17.6 Å². The predicted molar refractivity (Wildman–Crippen MR) is 138 cm³/mol. The van der Waals surface area contributed by atoms with Crippen LogP contribution in [0.15, 0.2) is 66.7 Å². The normalized spacial score (nSPS) is 12.9. The molecule has 4 rings (SSSR count). The predicted octanol–water partition coefficient (Wildman–Crippen LogP) is 6.23. The van der Waals surface area contributed by atoms with Gasteiger partial charge in [0.05, 0.1) is 5.56 Å². The highest BCUT2D eigenvalue weighted by molar-refractivity contribution is 6.05. The lowest BCUT2D eigenvalue weighted by Crippen LogP contribution is -2.23. The minimum atomic E-state index is -4.55. The molecule has 1 fully saturated rings. The van der Waals surface area contributed by atoms with Crippen LogP contribution in [0.2, 0.25) is 0 Å². The maximum Gasteiger partial charge on any atom is 0.418 e. The molecule has 37 heavy (non-hydrogen) atoms. The topological polar surface area (TPSA) is 92.5 Å². The van der Waals surface area contributed by atoms with Crippen molar-refractivity contribution in [3.8, 4) is 0 Å². The van der Waals surface area contributed by atoms with Crippen LogP contribution < -0.4 is 16.0 Å². The van der Waals surface area contributed by atoms with E-state index in [1.807, 2.05) is 0 Å². The molecule has 6 nitrogen and oxygen atoms in total. The number of anilines is 3. The molecule has 0 unspecified atom stereocenters. The van der Waals surface area contributed by atoms with Crippen LogP contribution in [0.5, 0.6) is 0 Å². The van der Waals surface area contributed by atoms with Gasteiger partial charge in [0.25, 0.3) is 5.91 Å². The van der Waals surface area contributed by atoms with Crippen molar-refractivity contribution in [2.24, 2.45) is 0 Å². The smallest absolute Gasteiger partial charge is 0.399 e. The molecule has 0 saturated carbocycles. The van der Waals surface area contributed by atoms with Crippen molar-refractivity contribution in [1.29, 1.82) is 0 Å². The number of hydrogen-bond donors (Lipinski definition) is 2. The number of nitrogens with one attached hydrogen (secondary N) is 1. The van der Waals surface area contributed by atoms with Crippen LogP contribution in [0, 0.1) is 0 Å². The number of halogens is 3. The molecule has 3 N–H and O–H groups in total. The van der Waals surface area contributed by atoms with Crippen LogP contribution in [0.3, 0.4) is 0 Å². The van der Waals surface area contributed by atoms with Gasteiger partial charge in [0, 0.05) is 46.8 Å². The third-order valence-electron chi connectivity index (χ3n) is 5.83. The number of carbonyl (C=O) groups is 3. The van der Waals surface area contributed by atoms with Crippen LogP contribution in [0.25, 0.3) is 0 Å². The Bertz CT molecular complexity index is 1300. The molecule has 9 heteroatoms. The van der Waals surface area contributed by atoms with Gasteiger partial charge in [-0.1, -0.05) is 24.3 Å². The summed E-state index contributed by atoms with van der Waals surface area (Å²) in [5.41, 5.74) is 6.72. The Balaban J connectivity index is 0.000000319. The highest BCUT2D eigenvalue weighted by Crippen LogP contribution is 2.38. The number of ketones is 2. The van der Waals surface area contributed by atoms with Crippen molar-refractivity contribution < 1.29 is 27.6 Å². The average molecular weight is 512 g/mol. The molecular formula is C28H28F3N3O3. The number of nitrogens with two attached hydrogens (primary N) is 1. The summed E-state index contributed by atoms with van der Waals surface area (Å²) >= 11 is 0. The minimum absolute atomic E-state index is 0.0484. The van der Waals surface area contributed by atoms with E-state index in [-0.39, 0.29) is 22.8 Å².